The average Bonchev–Trinajstić information content (AvgIpc) is 3.12. The van der Waals surface area contributed by atoms with E-state index < -0.39 is 0 Å². The Hall–Kier alpha value is -2.66. The lowest BCUT2D eigenvalue weighted by Gasteiger charge is -2.39. The van der Waals surface area contributed by atoms with Gasteiger partial charge in [0.2, 0.25) is 5.91 Å². The second-order valence-corrected chi connectivity index (χ2v) is 7.39. The third-order valence-electron chi connectivity index (χ3n) is 5.02. The van der Waals surface area contributed by atoms with Crippen LogP contribution in [0.3, 0.4) is 0 Å². The largest absolute Gasteiger partial charge is 0.338 e. The summed E-state index contributed by atoms with van der Waals surface area (Å²) in [6.07, 6.45) is 3.21. The minimum atomic E-state index is 0.183. The van der Waals surface area contributed by atoms with Crippen LogP contribution in [-0.4, -0.2) is 38.9 Å². The Labute approximate surface area is 163 Å². The van der Waals surface area contributed by atoms with Crippen molar-refractivity contribution in [2.24, 2.45) is 0 Å². The van der Waals surface area contributed by atoms with Gasteiger partial charge in [-0.2, -0.15) is 0 Å². The lowest BCUT2D eigenvalue weighted by Crippen LogP contribution is -2.50. The molecule has 0 bridgehead atoms. The quantitative estimate of drug-likeness (QED) is 0.674. The van der Waals surface area contributed by atoms with Gasteiger partial charge in [0, 0.05) is 30.1 Å². The molecule has 138 valence electrons. The van der Waals surface area contributed by atoms with Gasteiger partial charge in [-0.1, -0.05) is 59.3 Å². The van der Waals surface area contributed by atoms with Gasteiger partial charge in [0.15, 0.2) is 0 Å². The molecule has 4 rings (SSSR count). The number of carbonyl (C=O) groups excluding carboxylic acids is 1. The Morgan fingerprint density at radius 2 is 1.96 bits per heavy atom. The van der Waals surface area contributed by atoms with Crippen LogP contribution in [-0.2, 0) is 11.2 Å². The normalized spacial score (nSPS) is 14.2. The SMILES string of the molecule is Cc1cc(CCC(=O)N2CC(n3cc(-c4ccccc4)nn3)C2)ccc1Cl. The number of carbonyl (C=O) groups is 1. The van der Waals surface area contributed by atoms with Crippen molar-refractivity contribution in [1.82, 2.24) is 19.9 Å². The van der Waals surface area contributed by atoms with Crippen LogP contribution >= 0.6 is 11.6 Å². The van der Waals surface area contributed by atoms with Crippen molar-refractivity contribution < 1.29 is 4.79 Å². The summed E-state index contributed by atoms with van der Waals surface area (Å²) in [5.74, 6) is 0.183. The Bertz CT molecular complexity index is 948. The summed E-state index contributed by atoms with van der Waals surface area (Å²) < 4.78 is 1.87. The molecule has 1 aliphatic heterocycles. The predicted molar refractivity (Wildman–Crippen MR) is 106 cm³/mol. The third kappa shape index (κ3) is 3.88. The summed E-state index contributed by atoms with van der Waals surface area (Å²) in [6.45, 7) is 3.36. The Morgan fingerprint density at radius 3 is 2.70 bits per heavy atom. The molecule has 1 amide bonds. The molecular weight excluding hydrogens is 360 g/mol. The number of aryl methyl sites for hydroxylation is 2. The summed E-state index contributed by atoms with van der Waals surface area (Å²) in [5, 5.41) is 9.25. The number of aromatic nitrogens is 3. The molecule has 2 aromatic carbocycles. The number of halogens is 1. The van der Waals surface area contributed by atoms with Crippen molar-refractivity contribution in [2.45, 2.75) is 25.8 Å². The molecule has 0 aliphatic carbocycles. The summed E-state index contributed by atoms with van der Waals surface area (Å²) in [6, 6.07) is 16.1. The van der Waals surface area contributed by atoms with Gasteiger partial charge >= 0.3 is 0 Å². The first-order valence-corrected chi connectivity index (χ1v) is 9.48. The van der Waals surface area contributed by atoms with Crippen LogP contribution in [0, 0.1) is 6.92 Å². The maximum Gasteiger partial charge on any atom is 0.223 e. The van der Waals surface area contributed by atoms with E-state index in [1.54, 1.807) is 0 Å². The van der Waals surface area contributed by atoms with Crippen molar-refractivity contribution in [3.05, 3.63) is 70.9 Å². The van der Waals surface area contributed by atoms with Gasteiger partial charge < -0.3 is 4.90 Å². The van der Waals surface area contributed by atoms with E-state index in [1.165, 1.54) is 0 Å². The summed E-state index contributed by atoms with van der Waals surface area (Å²) in [4.78, 5) is 14.3. The number of benzene rings is 2. The van der Waals surface area contributed by atoms with Gasteiger partial charge in [-0.15, -0.1) is 5.10 Å². The molecule has 0 saturated carbocycles. The van der Waals surface area contributed by atoms with Crippen LogP contribution in [0.5, 0.6) is 0 Å². The molecule has 1 fully saturated rings. The van der Waals surface area contributed by atoms with Crippen LogP contribution in [0.4, 0.5) is 0 Å². The van der Waals surface area contributed by atoms with Crippen molar-refractivity contribution in [2.75, 3.05) is 13.1 Å². The fourth-order valence-electron chi connectivity index (χ4n) is 3.29. The van der Waals surface area contributed by atoms with Crippen molar-refractivity contribution in [3.8, 4) is 11.3 Å². The summed E-state index contributed by atoms with van der Waals surface area (Å²) in [7, 11) is 0. The monoisotopic (exact) mass is 380 g/mol. The van der Waals surface area contributed by atoms with E-state index in [9.17, 15) is 4.79 Å². The average molecular weight is 381 g/mol. The van der Waals surface area contributed by atoms with E-state index in [0.29, 0.717) is 19.5 Å². The Kier molecular flexibility index (Phi) is 4.94. The first-order valence-electron chi connectivity index (χ1n) is 9.10. The lowest BCUT2D eigenvalue weighted by atomic mass is 10.0. The summed E-state index contributed by atoms with van der Waals surface area (Å²) in [5.41, 5.74) is 4.10. The van der Waals surface area contributed by atoms with Crippen LogP contribution < -0.4 is 0 Å². The number of hydrogen-bond donors (Lipinski definition) is 0. The lowest BCUT2D eigenvalue weighted by molar-refractivity contribution is -0.137. The van der Waals surface area contributed by atoms with E-state index in [-0.39, 0.29) is 11.9 Å². The Morgan fingerprint density at radius 1 is 1.19 bits per heavy atom. The fraction of sp³-hybridized carbons (Fsp3) is 0.286. The molecule has 3 aromatic rings. The topological polar surface area (TPSA) is 51.0 Å². The zero-order valence-electron chi connectivity index (χ0n) is 15.2. The van der Waals surface area contributed by atoms with Gasteiger partial charge in [-0.05, 0) is 30.5 Å². The second-order valence-electron chi connectivity index (χ2n) is 6.99. The molecule has 5 nitrogen and oxygen atoms in total. The number of rotatable bonds is 5. The molecule has 0 N–H and O–H groups in total. The van der Waals surface area contributed by atoms with E-state index >= 15 is 0 Å². The van der Waals surface area contributed by atoms with Crippen LogP contribution in [0.15, 0.2) is 54.7 Å². The minimum absolute atomic E-state index is 0.183. The minimum Gasteiger partial charge on any atom is -0.338 e. The molecule has 27 heavy (non-hydrogen) atoms. The second kappa shape index (κ2) is 7.53. The molecule has 0 spiro atoms. The third-order valence-corrected chi connectivity index (χ3v) is 5.44. The molecule has 6 heteroatoms. The molecular formula is C21H21ClN4O. The molecule has 2 heterocycles. The van der Waals surface area contributed by atoms with Crippen molar-refractivity contribution in [1.29, 1.82) is 0 Å². The Balaban J connectivity index is 1.29. The molecule has 0 atom stereocenters. The van der Waals surface area contributed by atoms with Crippen LogP contribution in [0.2, 0.25) is 5.02 Å². The van der Waals surface area contributed by atoms with Gasteiger partial charge in [0.1, 0.15) is 5.69 Å². The number of hydrogen-bond acceptors (Lipinski definition) is 3. The summed E-state index contributed by atoms with van der Waals surface area (Å²) >= 11 is 6.05. The first kappa shape index (κ1) is 17.7. The number of likely N-dealkylation sites (tertiary alicyclic amines) is 1. The zero-order valence-corrected chi connectivity index (χ0v) is 15.9. The van der Waals surface area contributed by atoms with E-state index in [4.69, 9.17) is 11.6 Å². The van der Waals surface area contributed by atoms with Crippen molar-refractivity contribution in [3.63, 3.8) is 0 Å². The zero-order chi connectivity index (χ0) is 18.8. The maximum absolute atomic E-state index is 12.4. The highest BCUT2D eigenvalue weighted by atomic mass is 35.5. The number of amides is 1. The fourth-order valence-corrected chi connectivity index (χ4v) is 3.41. The maximum atomic E-state index is 12.4. The molecule has 1 aliphatic rings. The molecule has 1 aromatic heterocycles. The van der Waals surface area contributed by atoms with E-state index in [0.717, 1.165) is 33.8 Å². The van der Waals surface area contributed by atoms with Crippen molar-refractivity contribution >= 4 is 17.5 Å². The number of nitrogens with zero attached hydrogens (tertiary/aromatic N) is 4. The van der Waals surface area contributed by atoms with E-state index in [2.05, 4.69) is 16.4 Å². The smallest absolute Gasteiger partial charge is 0.223 e. The van der Waals surface area contributed by atoms with Crippen LogP contribution in [0.25, 0.3) is 11.3 Å². The molecule has 1 saturated heterocycles. The molecule has 0 unspecified atom stereocenters. The highest BCUT2D eigenvalue weighted by molar-refractivity contribution is 6.31. The van der Waals surface area contributed by atoms with Gasteiger partial charge in [-0.25, -0.2) is 4.68 Å². The molecule has 0 radical (unpaired) electrons. The van der Waals surface area contributed by atoms with E-state index in [1.807, 2.05) is 65.2 Å². The van der Waals surface area contributed by atoms with Gasteiger partial charge in [-0.3, -0.25) is 4.79 Å². The standard InChI is InChI=1S/C21H21ClN4O/c1-15-11-16(7-9-19(15)22)8-10-21(27)25-12-18(13-25)26-14-20(23-24-26)17-5-3-2-4-6-17/h2-7,9,11,14,18H,8,10,12-13H2,1H3. The van der Waals surface area contributed by atoms with Crippen LogP contribution in [0.1, 0.15) is 23.6 Å². The van der Waals surface area contributed by atoms with Gasteiger partial charge in [0.25, 0.3) is 0 Å². The first-order chi connectivity index (χ1) is 13.1. The van der Waals surface area contributed by atoms with Gasteiger partial charge in [0.05, 0.1) is 12.2 Å². The highest BCUT2D eigenvalue weighted by Crippen LogP contribution is 2.24. The predicted octanol–water partition coefficient (Wildman–Crippen LogP) is 3.92. The highest BCUT2D eigenvalue weighted by Gasteiger charge is 2.32.